The summed E-state index contributed by atoms with van der Waals surface area (Å²) in [7, 11) is 0. The van der Waals surface area contributed by atoms with Gasteiger partial charge in [-0.05, 0) is 36.7 Å². The van der Waals surface area contributed by atoms with Crippen molar-refractivity contribution in [1.82, 2.24) is 4.98 Å². The van der Waals surface area contributed by atoms with E-state index >= 15 is 0 Å². The molecule has 3 nitrogen and oxygen atoms in total. The lowest BCUT2D eigenvalue weighted by molar-refractivity contribution is 0.476. The summed E-state index contributed by atoms with van der Waals surface area (Å²) in [5.74, 6) is -0.528. The minimum atomic E-state index is -0.528. The predicted octanol–water partition coefficient (Wildman–Crippen LogP) is 1.37. The number of benzene rings is 1. The zero-order valence-electron chi connectivity index (χ0n) is 10.9. The van der Waals surface area contributed by atoms with Crippen molar-refractivity contribution >= 4 is 10.9 Å². The number of aromatic nitrogens is 1. The van der Waals surface area contributed by atoms with Gasteiger partial charge in [-0.2, -0.15) is 0 Å². The first-order valence-electron chi connectivity index (χ1n) is 5.99. The lowest BCUT2D eigenvalue weighted by atomic mass is 10.1. The highest BCUT2D eigenvalue weighted by Crippen LogP contribution is 2.22. The third-order valence-corrected chi connectivity index (χ3v) is 1.83. The first-order valence-corrected chi connectivity index (χ1v) is 3.99. The summed E-state index contributed by atoms with van der Waals surface area (Å²) in [6, 6.07) is -0.826. The highest BCUT2D eigenvalue weighted by Gasteiger charge is 2.02. The standard InChI is InChI=1S/C10H12N2O/c11-4-3-7-6-12-10-2-1-8(13)5-9(7)10/h1-2,5-6,12-13H,3-4,11H2/i1D,2D,5D,6D. The Bertz CT molecular complexity index is 594. The van der Waals surface area contributed by atoms with Gasteiger partial charge in [0.25, 0.3) is 0 Å². The van der Waals surface area contributed by atoms with Crippen LogP contribution in [0.4, 0.5) is 0 Å². The van der Waals surface area contributed by atoms with Crippen LogP contribution in [0.15, 0.2) is 24.3 Å². The number of aromatic hydroxyl groups is 1. The molecule has 3 heteroatoms. The Morgan fingerprint density at radius 2 is 2.38 bits per heavy atom. The molecule has 1 aromatic carbocycles. The second-order valence-corrected chi connectivity index (χ2v) is 2.74. The second-order valence-electron chi connectivity index (χ2n) is 2.74. The van der Waals surface area contributed by atoms with E-state index in [9.17, 15) is 5.11 Å². The molecule has 0 fully saturated rings. The molecule has 0 bridgehead atoms. The van der Waals surface area contributed by atoms with Crippen molar-refractivity contribution in [3.05, 3.63) is 29.9 Å². The molecule has 0 saturated heterocycles. The summed E-state index contributed by atoms with van der Waals surface area (Å²) in [6.07, 6.45) is 0.471. The van der Waals surface area contributed by atoms with Crippen molar-refractivity contribution in [3.63, 3.8) is 0 Å². The number of nitrogens with two attached hydrogens (primary N) is 1. The fraction of sp³-hybridized carbons (Fsp3) is 0.200. The van der Waals surface area contributed by atoms with Gasteiger partial charge >= 0.3 is 0 Å². The summed E-state index contributed by atoms with van der Waals surface area (Å²) >= 11 is 0. The zero-order chi connectivity index (χ0) is 12.7. The minimum absolute atomic E-state index is 0.0810. The summed E-state index contributed by atoms with van der Waals surface area (Å²) < 4.78 is 30.7. The Morgan fingerprint density at radius 3 is 3.15 bits per heavy atom. The Hall–Kier alpha value is -1.48. The first kappa shape index (κ1) is 4.67. The van der Waals surface area contributed by atoms with Crippen molar-refractivity contribution < 1.29 is 10.6 Å². The van der Waals surface area contributed by atoms with E-state index in [1.807, 2.05) is 0 Å². The number of phenols is 1. The number of aromatic amines is 1. The van der Waals surface area contributed by atoms with E-state index in [1.165, 1.54) is 0 Å². The first-order chi connectivity index (χ1) is 7.99. The number of hydrogen-bond donors (Lipinski definition) is 3. The molecule has 0 saturated carbocycles. The van der Waals surface area contributed by atoms with E-state index in [4.69, 9.17) is 11.2 Å². The molecule has 13 heavy (non-hydrogen) atoms. The molecule has 0 amide bonds. The molecule has 1 aromatic heterocycles. The Balaban J connectivity index is 2.91. The van der Waals surface area contributed by atoms with Gasteiger partial charge in [-0.25, -0.2) is 0 Å². The number of hydrogen-bond acceptors (Lipinski definition) is 2. The number of rotatable bonds is 2. The van der Waals surface area contributed by atoms with Gasteiger partial charge in [0, 0.05) is 17.1 Å². The Labute approximate surface area is 81.8 Å². The van der Waals surface area contributed by atoms with Crippen molar-refractivity contribution in [2.24, 2.45) is 5.73 Å². The van der Waals surface area contributed by atoms with Crippen molar-refractivity contribution in [2.45, 2.75) is 6.42 Å². The SMILES string of the molecule is [2H]c1[nH]c2c([2H])c([2H])c(O)c([2H])c2c1CCN. The Morgan fingerprint density at radius 1 is 1.54 bits per heavy atom. The lowest BCUT2D eigenvalue weighted by Gasteiger charge is -1.96. The molecule has 1 heterocycles. The van der Waals surface area contributed by atoms with Crippen LogP contribution in [0.1, 0.15) is 11.0 Å². The van der Waals surface area contributed by atoms with Crippen LogP contribution in [0, 0.1) is 0 Å². The van der Waals surface area contributed by atoms with E-state index < -0.39 is 11.8 Å². The molecule has 68 valence electrons. The monoisotopic (exact) mass is 180 g/mol. The van der Waals surface area contributed by atoms with Gasteiger partial charge in [0.15, 0.2) is 0 Å². The lowest BCUT2D eigenvalue weighted by Crippen LogP contribution is -2.01. The number of phenolic OH excluding ortho intramolecular Hbond substituents is 1. The average Bonchev–Trinajstić information content (AvgIpc) is 2.62. The molecule has 0 radical (unpaired) electrons. The maximum absolute atomic E-state index is 9.59. The van der Waals surface area contributed by atoms with E-state index in [1.54, 1.807) is 0 Å². The van der Waals surface area contributed by atoms with Crippen LogP contribution < -0.4 is 5.73 Å². The molecule has 2 aromatic rings. The molecule has 0 aliphatic heterocycles. The van der Waals surface area contributed by atoms with Crippen LogP contribution in [-0.4, -0.2) is 16.6 Å². The topological polar surface area (TPSA) is 62.0 Å². The zero-order valence-corrected chi connectivity index (χ0v) is 6.94. The quantitative estimate of drug-likeness (QED) is 0.653. The van der Waals surface area contributed by atoms with E-state index in [-0.39, 0.29) is 23.8 Å². The maximum Gasteiger partial charge on any atom is 0.116 e. The van der Waals surface area contributed by atoms with Crippen LogP contribution in [0.3, 0.4) is 0 Å². The smallest absolute Gasteiger partial charge is 0.116 e. The number of H-pyrrole nitrogens is 1. The van der Waals surface area contributed by atoms with E-state index in [2.05, 4.69) is 4.98 Å². The average molecular weight is 180 g/mol. The van der Waals surface area contributed by atoms with Gasteiger partial charge in [0.1, 0.15) is 5.75 Å². The molecular weight excluding hydrogens is 164 g/mol. The normalized spacial score (nSPS) is 15.2. The fourth-order valence-corrected chi connectivity index (χ4v) is 1.25. The maximum atomic E-state index is 9.59. The largest absolute Gasteiger partial charge is 0.508 e. The molecule has 0 aliphatic rings. The van der Waals surface area contributed by atoms with Crippen molar-refractivity contribution in [3.8, 4) is 5.75 Å². The molecule has 0 unspecified atom stereocenters. The van der Waals surface area contributed by atoms with Crippen LogP contribution in [0.25, 0.3) is 10.9 Å². The van der Waals surface area contributed by atoms with Gasteiger partial charge in [-0.15, -0.1) is 0 Å². The van der Waals surface area contributed by atoms with Crippen molar-refractivity contribution in [1.29, 1.82) is 0 Å². The third-order valence-electron chi connectivity index (χ3n) is 1.83. The predicted molar refractivity (Wildman–Crippen MR) is 52.7 cm³/mol. The Kier molecular flexibility index (Phi) is 1.12. The molecule has 0 aliphatic carbocycles. The highest BCUT2D eigenvalue weighted by atomic mass is 16.3. The summed E-state index contributed by atoms with van der Waals surface area (Å²) in [5, 5.41) is 9.90. The summed E-state index contributed by atoms with van der Waals surface area (Å²) in [4.78, 5) is 2.66. The van der Waals surface area contributed by atoms with Crippen LogP contribution >= 0.6 is 0 Å². The summed E-state index contributed by atoms with van der Waals surface area (Å²) in [6.45, 7) is 0.314. The number of fused-ring (bicyclic) bond motifs is 1. The molecule has 0 atom stereocenters. The third kappa shape index (κ3) is 1.38. The molecule has 0 spiro atoms. The number of nitrogens with one attached hydrogen (secondary N) is 1. The summed E-state index contributed by atoms with van der Waals surface area (Å²) in [5.41, 5.74) is 6.18. The molecular formula is C10H12N2O. The van der Waals surface area contributed by atoms with Crippen LogP contribution in [-0.2, 0) is 6.42 Å². The van der Waals surface area contributed by atoms with E-state index in [0.717, 1.165) is 0 Å². The van der Waals surface area contributed by atoms with Crippen LogP contribution in [0.2, 0.25) is 0 Å². The van der Waals surface area contributed by atoms with Gasteiger partial charge in [0.2, 0.25) is 0 Å². The highest BCUT2D eigenvalue weighted by molar-refractivity contribution is 5.84. The minimum Gasteiger partial charge on any atom is -0.508 e. The van der Waals surface area contributed by atoms with Gasteiger partial charge < -0.3 is 15.8 Å². The molecule has 2 rings (SSSR count). The van der Waals surface area contributed by atoms with Crippen LogP contribution in [0.5, 0.6) is 5.75 Å². The second kappa shape index (κ2) is 3.11. The van der Waals surface area contributed by atoms with Crippen molar-refractivity contribution in [2.75, 3.05) is 6.54 Å². The van der Waals surface area contributed by atoms with E-state index in [0.29, 0.717) is 23.9 Å². The van der Waals surface area contributed by atoms with Gasteiger partial charge in [-0.1, -0.05) is 0 Å². The fourth-order valence-electron chi connectivity index (χ4n) is 1.25. The van der Waals surface area contributed by atoms with Gasteiger partial charge in [0.05, 0.1) is 5.48 Å². The van der Waals surface area contributed by atoms with Gasteiger partial charge in [-0.3, -0.25) is 0 Å². The molecule has 4 N–H and O–H groups in total.